The molecular formula is C13H24BrNO2. The summed E-state index contributed by atoms with van der Waals surface area (Å²) in [6.45, 7) is 7.88. The molecule has 1 rings (SSSR count). The molecule has 1 N–H and O–H groups in total. The van der Waals surface area contributed by atoms with Crippen molar-refractivity contribution in [1.82, 2.24) is 5.32 Å². The van der Waals surface area contributed by atoms with Crippen LogP contribution in [0.2, 0.25) is 0 Å². The van der Waals surface area contributed by atoms with E-state index in [1.807, 2.05) is 0 Å². The lowest BCUT2D eigenvalue weighted by Gasteiger charge is -2.18. The predicted molar refractivity (Wildman–Crippen MR) is 73.3 cm³/mol. The van der Waals surface area contributed by atoms with E-state index >= 15 is 0 Å². The molecule has 3 unspecified atom stereocenters. The van der Waals surface area contributed by atoms with Crippen molar-refractivity contribution in [3.8, 4) is 0 Å². The highest BCUT2D eigenvalue weighted by Gasteiger charge is 2.32. The second-order valence-electron chi connectivity index (χ2n) is 5.18. The molecule has 17 heavy (non-hydrogen) atoms. The fourth-order valence-corrected chi connectivity index (χ4v) is 3.20. The van der Waals surface area contributed by atoms with Gasteiger partial charge in [0.05, 0.1) is 12.0 Å². The summed E-state index contributed by atoms with van der Waals surface area (Å²) in [7, 11) is 0. The molecule has 0 aromatic carbocycles. The normalized spacial score (nSPS) is 26.2. The molecule has 0 bridgehead atoms. The van der Waals surface area contributed by atoms with Gasteiger partial charge < -0.3 is 10.1 Å². The van der Waals surface area contributed by atoms with E-state index in [9.17, 15) is 4.79 Å². The van der Waals surface area contributed by atoms with Gasteiger partial charge in [-0.15, -0.1) is 0 Å². The van der Waals surface area contributed by atoms with Crippen molar-refractivity contribution >= 4 is 21.8 Å². The van der Waals surface area contributed by atoms with Gasteiger partial charge in [-0.05, 0) is 25.2 Å². The zero-order chi connectivity index (χ0) is 12.8. The average molecular weight is 306 g/mol. The minimum absolute atomic E-state index is 0.0544. The van der Waals surface area contributed by atoms with Crippen LogP contribution >= 0.6 is 15.9 Å². The van der Waals surface area contributed by atoms with Gasteiger partial charge in [-0.2, -0.15) is 0 Å². The van der Waals surface area contributed by atoms with Gasteiger partial charge in [0.2, 0.25) is 5.91 Å². The summed E-state index contributed by atoms with van der Waals surface area (Å²) in [5, 5.41) is 3.03. The van der Waals surface area contributed by atoms with E-state index < -0.39 is 0 Å². The first-order valence-electron chi connectivity index (χ1n) is 6.58. The molecule has 0 aromatic rings. The number of amides is 1. The van der Waals surface area contributed by atoms with E-state index in [1.54, 1.807) is 0 Å². The summed E-state index contributed by atoms with van der Waals surface area (Å²) >= 11 is 3.60. The summed E-state index contributed by atoms with van der Waals surface area (Å²) in [5.41, 5.74) is 0. The van der Waals surface area contributed by atoms with Crippen LogP contribution < -0.4 is 5.32 Å². The van der Waals surface area contributed by atoms with Gasteiger partial charge in [0.15, 0.2) is 0 Å². The Bertz CT molecular complexity index is 246. The maximum atomic E-state index is 12.0. The summed E-state index contributed by atoms with van der Waals surface area (Å²) in [4.78, 5) is 12.4. The predicted octanol–water partition coefficient (Wildman–Crippen LogP) is 2.73. The summed E-state index contributed by atoms with van der Waals surface area (Å²) in [5.74, 6) is 0.857. The molecule has 3 atom stereocenters. The molecule has 1 heterocycles. The fraction of sp³-hybridized carbons (Fsp3) is 0.923. The summed E-state index contributed by atoms with van der Waals surface area (Å²) < 4.78 is 5.53. The minimum atomic E-state index is 0.0544. The first-order chi connectivity index (χ1) is 8.04. The Kier molecular flexibility index (Phi) is 6.49. The molecule has 0 radical (unpaired) electrons. The van der Waals surface area contributed by atoms with Gasteiger partial charge in [-0.1, -0.05) is 36.7 Å². The van der Waals surface area contributed by atoms with Crippen LogP contribution in [0.4, 0.5) is 0 Å². The molecule has 0 saturated carbocycles. The maximum Gasteiger partial charge on any atom is 0.225 e. The third-order valence-electron chi connectivity index (χ3n) is 3.17. The van der Waals surface area contributed by atoms with Gasteiger partial charge in [0.1, 0.15) is 0 Å². The molecule has 1 aliphatic rings. The van der Waals surface area contributed by atoms with Crippen LogP contribution in [0, 0.1) is 11.8 Å². The van der Waals surface area contributed by atoms with Crippen LogP contribution in [0.25, 0.3) is 0 Å². The van der Waals surface area contributed by atoms with Crippen molar-refractivity contribution < 1.29 is 9.53 Å². The second kappa shape index (κ2) is 7.37. The van der Waals surface area contributed by atoms with E-state index in [-0.39, 0.29) is 17.9 Å². The van der Waals surface area contributed by atoms with Crippen LogP contribution in [0.15, 0.2) is 0 Å². The first kappa shape index (κ1) is 15.0. The van der Waals surface area contributed by atoms with Crippen LogP contribution in [0.3, 0.4) is 0 Å². The Hall–Kier alpha value is -0.0900. The third kappa shape index (κ3) is 4.96. The Morgan fingerprint density at radius 2 is 2.24 bits per heavy atom. The molecule has 1 saturated heterocycles. The van der Waals surface area contributed by atoms with Gasteiger partial charge in [0, 0.05) is 18.0 Å². The van der Waals surface area contributed by atoms with Crippen LogP contribution in [-0.2, 0) is 9.53 Å². The smallest absolute Gasteiger partial charge is 0.225 e. The summed E-state index contributed by atoms with van der Waals surface area (Å²) in [6.07, 6.45) is 2.98. The molecule has 3 nitrogen and oxygen atoms in total. The van der Waals surface area contributed by atoms with Crippen molar-refractivity contribution in [3.63, 3.8) is 0 Å². The SMILES string of the molecule is CCC1OCCC1C(=O)NCC(Br)CC(C)C. The van der Waals surface area contributed by atoms with Gasteiger partial charge >= 0.3 is 0 Å². The largest absolute Gasteiger partial charge is 0.377 e. The molecule has 1 amide bonds. The van der Waals surface area contributed by atoms with Crippen molar-refractivity contribution in [3.05, 3.63) is 0 Å². The Balaban J connectivity index is 2.29. The first-order valence-corrected chi connectivity index (χ1v) is 7.49. The topological polar surface area (TPSA) is 38.3 Å². The maximum absolute atomic E-state index is 12.0. The summed E-state index contributed by atoms with van der Waals surface area (Å²) in [6, 6.07) is 0. The van der Waals surface area contributed by atoms with E-state index in [4.69, 9.17) is 4.74 Å². The minimum Gasteiger partial charge on any atom is -0.377 e. The number of rotatable bonds is 6. The second-order valence-corrected chi connectivity index (χ2v) is 6.48. The average Bonchev–Trinajstić information content (AvgIpc) is 2.72. The number of halogens is 1. The molecule has 4 heteroatoms. The molecule has 1 aliphatic heterocycles. The van der Waals surface area contributed by atoms with E-state index in [0.717, 1.165) is 25.9 Å². The highest BCUT2D eigenvalue weighted by molar-refractivity contribution is 9.09. The monoisotopic (exact) mass is 305 g/mol. The van der Waals surface area contributed by atoms with E-state index in [1.165, 1.54) is 0 Å². The molecular weight excluding hydrogens is 282 g/mol. The highest BCUT2D eigenvalue weighted by atomic mass is 79.9. The lowest BCUT2D eigenvalue weighted by Crippen LogP contribution is -2.38. The Morgan fingerprint density at radius 3 is 2.82 bits per heavy atom. The van der Waals surface area contributed by atoms with Crippen LogP contribution in [0.1, 0.15) is 40.0 Å². The zero-order valence-electron chi connectivity index (χ0n) is 11.0. The molecule has 0 aromatic heterocycles. The van der Waals surface area contributed by atoms with Gasteiger partial charge in [-0.3, -0.25) is 4.79 Å². The Labute approximate surface area is 113 Å². The molecule has 100 valence electrons. The number of carbonyl (C=O) groups is 1. The molecule has 0 aliphatic carbocycles. The number of alkyl halides is 1. The number of ether oxygens (including phenoxy) is 1. The van der Waals surface area contributed by atoms with Crippen LogP contribution in [-0.4, -0.2) is 30.0 Å². The van der Waals surface area contributed by atoms with Gasteiger partial charge in [-0.25, -0.2) is 0 Å². The number of nitrogens with one attached hydrogen (secondary N) is 1. The third-order valence-corrected chi connectivity index (χ3v) is 3.87. The van der Waals surface area contributed by atoms with Crippen molar-refractivity contribution in [2.24, 2.45) is 11.8 Å². The van der Waals surface area contributed by atoms with Crippen molar-refractivity contribution in [2.45, 2.75) is 51.0 Å². The quantitative estimate of drug-likeness (QED) is 0.766. The lowest BCUT2D eigenvalue weighted by molar-refractivity contribution is -0.126. The van der Waals surface area contributed by atoms with E-state index in [2.05, 4.69) is 42.0 Å². The van der Waals surface area contributed by atoms with Crippen molar-refractivity contribution in [1.29, 1.82) is 0 Å². The standard InChI is InChI=1S/C13H24BrNO2/c1-4-12-11(5-6-17-12)13(16)15-8-10(14)7-9(2)3/h9-12H,4-8H2,1-3H3,(H,15,16). The number of hydrogen-bond acceptors (Lipinski definition) is 2. The highest BCUT2D eigenvalue weighted by Crippen LogP contribution is 2.23. The lowest BCUT2D eigenvalue weighted by atomic mass is 9.98. The van der Waals surface area contributed by atoms with E-state index in [0.29, 0.717) is 17.3 Å². The zero-order valence-corrected chi connectivity index (χ0v) is 12.6. The molecule has 0 spiro atoms. The number of hydrogen-bond donors (Lipinski definition) is 1. The van der Waals surface area contributed by atoms with Crippen LogP contribution in [0.5, 0.6) is 0 Å². The Morgan fingerprint density at radius 1 is 1.53 bits per heavy atom. The number of carbonyl (C=O) groups excluding carboxylic acids is 1. The van der Waals surface area contributed by atoms with Crippen molar-refractivity contribution in [2.75, 3.05) is 13.2 Å². The van der Waals surface area contributed by atoms with Gasteiger partial charge in [0.25, 0.3) is 0 Å². The molecule has 1 fully saturated rings. The fourth-order valence-electron chi connectivity index (χ4n) is 2.29.